The predicted molar refractivity (Wildman–Crippen MR) is 171 cm³/mol. The Labute approximate surface area is 258 Å². The fourth-order valence-corrected chi connectivity index (χ4v) is 5.86. The Hall–Kier alpha value is -4.60. The zero-order chi connectivity index (χ0) is 31.4. The van der Waals surface area contributed by atoms with Crippen LogP contribution in [0.1, 0.15) is 57.2 Å². The Kier molecular flexibility index (Phi) is 9.08. The van der Waals surface area contributed by atoms with E-state index in [1.54, 1.807) is 32.6 Å². The SMILES string of the molecule is CCOC(=O)N1CCC(NC(=O)C2Cc3ccc(/C(N)=N/C(=O)OC(C)(C)C)cc3N2Cc2cccc3ccccc23)CC1. The zero-order valence-corrected chi connectivity index (χ0v) is 25.8. The number of anilines is 1. The summed E-state index contributed by atoms with van der Waals surface area (Å²) in [6, 6.07) is 19.6. The number of nitrogens with one attached hydrogen (secondary N) is 1. The van der Waals surface area contributed by atoms with E-state index in [4.69, 9.17) is 15.2 Å². The van der Waals surface area contributed by atoms with Gasteiger partial charge in [-0.2, -0.15) is 4.99 Å². The molecule has 0 saturated carbocycles. The molecule has 3 N–H and O–H groups in total. The van der Waals surface area contributed by atoms with Crippen LogP contribution in [-0.2, 0) is 27.2 Å². The molecule has 2 aliphatic heterocycles. The largest absolute Gasteiger partial charge is 0.450 e. The fraction of sp³-hybridized carbons (Fsp3) is 0.412. The van der Waals surface area contributed by atoms with Gasteiger partial charge < -0.3 is 30.3 Å². The van der Waals surface area contributed by atoms with Crippen molar-refractivity contribution in [3.8, 4) is 0 Å². The van der Waals surface area contributed by atoms with Crippen LogP contribution in [0.4, 0.5) is 15.3 Å². The van der Waals surface area contributed by atoms with Gasteiger partial charge in [0.25, 0.3) is 0 Å². The molecule has 2 heterocycles. The van der Waals surface area contributed by atoms with Gasteiger partial charge >= 0.3 is 12.2 Å². The smallest absolute Gasteiger partial charge is 0.436 e. The molecular formula is C34H41N5O5. The Morgan fingerprint density at radius 3 is 2.48 bits per heavy atom. The standard InChI is InChI=1S/C34H41N5O5/c1-5-43-33(42)38-17-15-26(16-18-38)36-31(40)29-19-23-13-14-24(30(35)37-32(41)44-34(2,3)4)20-28(23)39(29)21-25-11-8-10-22-9-6-7-12-27(22)25/h6-14,20,26,29H,5,15-19,21H2,1-4H3,(H,36,40)(H2,35,37,41). The van der Waals surface area contributed by atoms with Gasteiger partial charge in [-0.05, 0) is 68.5 Å². The molecule has 0 aliphatic carbocycles. The number of benzene rings is 3. The van der Waals surface area contributed by atoms with Crippen LogP contribution in [0.15, 0.2) is 65.7 Å². The summed E-state index contributed by atoms with van der Waals surface area (Å²) in [6.07, 6.45) is 0.784. The summed E-state index contributed by atoms with van der Waals surface area (Å²) in [6.45, 7) is 9.01. The zero-order valence-electron chi connectivity index (χ0n) is 25.8. The Bertz CT molecular complexity index is 1570. The van der Waals surface area contributed by atoms with Gasteiger partial charge in [-0.25, -0.2) is 9.59 Å². The first-order valence-electron chi connectivity index (χ1n) is 15.2. The highest BCUT2D eigenvalue weighted by atomic mass is 16.6. The van der Waals surface area contributed by atoms with Crippen molar-refractivity contribution in [1.29, 1.82) is 0 Å². The number of hydrogen-bond donors (Lipinski definition) is 2. The van der Waals surface area contributed by atoms with Gasteiger partial charge in [-0.15, -0.1) is 0 Å². The van der Waals surface area contributed by atoms with Crippen molar-refractivity contribution in [2.75, 3.05) is 24.6 Å². The van der Waals surface area contributed by atoms with Crippen molar-refractivity contribution in [2.24, 2.45) is 10.7 Å². The molecule has 10 nitrogen and oxygen atoms in total. The second-order valence-corrected chi connectivity index (χ2v) is 12.3. The van der Waals surface area contributed by atoms with Crippen molar-refractivity contribution >= 4 is 40.4 Å². The highest BCUT2D eigenvalue weighted by Gasteiger charge is 2.36. The van der Waals surface area contributed by atoms with Crippen LogP contribution in [0.5, 0.6) is 0 Å². The van der Waals surface area contributed by atoms with Crippen molar-refractivity contribution in [1.82, 2.24) is 10.2 Å². The Morgan fingerprint density at radius 2 is 1.75 bits per heavy atom. The first-order chi connectivity index (χ1) is 21.0. The van der Waals surface area contributed by atoms with E-state index in [0.29, 0.717) is 51.1 Å². The van der Waals surface area contributed by atoms with E-state index in [-0.39, 0.29) is 23.9 Å². The number of nitrogens with zero attached hydrogens (tertiary/aromatic N) is 3. The molecular weight excluding hydrogens is 558 g/mol. The van der Waals surface area contributed by atoms with Crippen LogP contribution in [0.2, 0.25) is 0 Å². The van der Waals surface area contributed by atoms with E-state index < -0.39 is 17.7 Å². The molecule has 0 spiro atoms. The van der Waals surface area contributed by atoms with Gasteiger partial charge in [0.1, 0.15) is 17.5 Å². The molecule has 44 heavy (non-hydrogen) atoms. The summed E-state index contributed by atoms with van der Waals surface area (Å²) in [5.41, 5.74) is 9.12. The van der Waals surface area contributed by atoms with Crippen molar-refractivity contribution < 1.29 is 23.9 Å². The minimum atomic E-state index is -0.755. The van der Waals surface area contributed by atoms with E-state index in [0.717, 1.165) is 27.6 Å². The lowest BCUT2D eigenvalue weighted by Crippen LogP contribution is -2.52. The average molecular weight is 600 g/mol. The number of likely N-dealkylation sites (tertiary alicyclic amines) is 1. The molecule has 1 atom stereocenters. The third-order valence-electron chi connectivity index (χ3n) is 7.98. The summed E-state index contributed by atoms with van der Waals surface area (Å²) < 4.78 is 10.5. The quantitative estimate of drug-likeness (QED) is 0.296. The summed E-state index contributed by atoms with van der Waals surface area (Å²) >= 11 is 0. The summed E-state index contributed by atoms with van der Waals surface area (Å²) in [4.78, 5) is 46.1. The lowest BCUT2D eigenvalue weighted by molar-refractivity contribution is -0.123. The molecule has 1 saturated heterocycles. The van der Waals surface area contributed by atoms with Gasteiger partial charge in [0.15, 0.2) is 0 Å². The maximum absolute atomic E-state index is 13.9. The van der Waals surface area contributed by atoms with Crippen molar-refractivity contribution in [3.05, 3.63) is 77.4 Å². The molecule has 10 heteroatoms. The monoisotopic (exact) mass is 599 g/mol. The highest BCUT2D eigenvalue weighted by Crippen LogP contribution is 2.36. The highest BCUT2D eigenvalue weighted by molar-refractivity contribution is 6.04. The predicted octanol–water partition coefficient (Wildman–Crippen LogP) is 5.15. The number of hydrogen-bond acceptors (Lipinski definition) is 6. The number of amidine groups is 1. The molecule has 1 unspecified atom stereocenters. The minimum Gasteiger partial charge on any atom is -0.450 e. The van der Waals surface area contributed by atoms with E-state index in [9.17, 15) is 14.4 Å². The normalized spacial score (nSPS) is 17.4. The fourth-order valence-electron chi connectivity index (χ4n) is 5.86. The van der Waals surface area contributed by atoms with Crippen LogP contribution in [-0.4, -0.2) is 66.2 Å². The van der Waals surface area contributed by atoms with Gasteiger partial charge in [0.05, 0.1) is 6.61 Å². The van der Waals surface area contributed by atoms with Crippen LogP contribution in [0.25, 0.3) is 10.8 Å². The molecule has 232 valence electrons. The van der Waals surface area contributed by atoms with Crippen LogP contribution < -0.4 is 16.0 Å². The Morgan fingerprint density at radius 1 is 1.02 bits per heavy atom. The summed E-state index contributed by atoms with van der Waals surface area (Å²) in [5, 5.41) is 5.50. The topological polar surface area (TPSA) is 127 Å². The van der Waals surface area contributed by atoms with Crippen LogP contribution in [0.3, 0.4) is 0 Å². The van der Waals surface area contributed by atoms with Crippen molar-refractivity contribution in [2.45, 2.75) is 71.2 Å². The number of rotatable bonds is 6. The molecule has 5 rings (SSSR count). The number of aliphatic imine (C=N–C) groups is 1. The van der Waals surface area contributed by atoms with Crippen LogP contribution in [0, 0.1) is 0 Å². The lowest BCUT2D eigenvalue weighted by atomic mass is 10.0. The van der Waals surface area contributed by atoms with E-state index in [1.807, 2.05) is 36.4 Å². The molecule has 2 aliphatic rings. The molecule has 0 radical (unpaired) electrons. The second-order valence-electron chi connectivity index (χ2n) is 12.3. The third-order valence-corrected chi connectivity index (χ3v) is 7.98. The second kappa shape index (κ2) is 13.0. The van der Waals surface area contributed by atoms with Gasteiger partial charge in [-0.1, -0.05) is 54.6 Å². The average Bonchev–Trinajstić information content (AvgIpc) is 3.34. The first-order valence-corrected chi connectivity index (χ1v) is 15.2. The number of nitrogens with two attached hydrogens (primary N) is 1. The third kappa shape index (κ3) is 7.12. The lowest BCUT2D eigenvalue weighted by Gasteiger charge is -2.33. The van der Waals surface area contributed by atoms with Crippen LogP contribution >= 0.6 is 0 Å². The number of ether oxygens (including phenoxy) is 2. The van der Waals surface area contributed by atoms with E-state index in [2.05, 4.69) is 39.5 Å². The maximum Gasteiger partial charge on any atom is 0.436 e. The number of carbonyl (C=O) groups excluding carboxylic acids is 3. The molecule has 1 fully saturated rings. The van der Waals surface area contributed by atoms with E-state index >= 15 is 0 Å². The molecule has 3 amide bonds. The van der Waals surface area contributed by atoms with Gasteiger partial charge in [-0.3, -0.25) is 4.79 Å². The van der Waals surface area contributed by atoms with E-state index in [1.165, 1.54) is 0 Å². The van der Waals surface area contributed by atoms with Gasteiger partial charge in [0, 0.05) is 43.3 Å². The number of carbonyl (C=O) groups is 3. The van der Waals surface area contributed by atoms with Gasteiger partial charge in [0.2, 0.25) is 5.91 Å². The molecule has 0 aromatic heterocycles. The number of amides is 3. The molecule has 3 aromatic rings. The first kappa shape index (κ1) is 30.8. The number of piperidine rings is 1. The Balaban J connectivity index is 1.40. The molecule has 3 aromatic carbocycles. The minimum absolute atomic E-state index is 0.0385. The molecule has 0 bridgehead atoms. The number of fused-ring (bicyclic) bond motifs is 2. The summed E-state index contributed by atoms with van der Waals surface area (Å²) in [7, 11) is 0. The maximum atomic E-state index is 13.9. The van der Waals surface area contributed by atoms with Crippen molar-refractivity contribution in [3.63, 3.8) is 0 Å². The summed E-state index contributed by atoms with van der Waals surface area (Å²) in [5.74, 6) is -0.0126.